The Morgan fingerprint density at radius 2 is 1.90 bits per heavy atom. The van der Waals surface area contributed by atoms with Gasteiger partial charge in [-0.2, -0.15) is 0 Å². The second-order valence-corrected chi connectivity index (χ2v) is 5.51. The van der Waals surface area contributed by atoms with E-state index in [2.05, 4.69) is 5.32 Å². The molecular weight excluding hydrogens is 264 g/mol. The van der Waals surface area contributed by atoms with E-state index in [0.717, 1.165) is 32.9 Å². The van der Waals surface area contributed by atoms with Crippen LogP contribution in [0, 0.1) is 0 Å². The number of alkyl halides is 2. The Hall–Kier alpha value is -1.36. The van der Waals surface area contributed by atoms with Crippen LogP contribution in [0.2, 0.25) is 0 Å². The maximum absolute atomic E-state index is 13.9. The zero-order valence-corrected chi connectivity index (χ0v) is 11.5. The van der Waals surface area contributed by atoms with Gasteiger partial charge in [0.25, 0.3) is 5.92 Å². The molecule has 1 atom stereocenters. The lowest BCUT2D eigenvalue weighted by atomic mass is 9.86. The van der Waals surface area contributed by atoms with E-state index in [-0.39, 0.29) is 11.5 Å². The fourth-order valence-corrected chi connectivity index (χ4v) is 2.94. The maximum atomic E-state index is 13.9. The van der Waals surface area contributed by atoms with Crippen LogP contribution in [0.1, 0.15) is 36.8 Å². The molecule has 20 heavy (non-hydrogen) atoms. The van der Waals surface area contributed by atoms with E-state index in [4.69, 9.17) is 9.47 Å². The maximum Gasteiger partial charge on any atom is 0.270 e. The fraction of sp³-hybridized carbons (Fsp3) is 0.600. The lowest BCUT2D eigenvalue weighted by Gasteiger charge is -2.29. The predicted octanol–water partition coefficient (Wildman–Crippen LogP) is 3.04. The first-order valence-electron chi connectivity index (χ1n) is 7.08. The minimum Gasteiger partial charge on any atom is -0.486 e. The summed E-state index contributed by atoms with van der Waals surface area (Å²) in [7, 11) is 0. The molecule has 0 saturated carbocycles. The van der Waals surface area contributed by atoms with Gasteiger partial charge in [0, 0.05) is 19.0 Å². The number of rotatable bonds is 2. The van der Waals surface area contributed by atoms with Crippen LogP contribution in [0.3, 0.4) is 0 Å². The number of halogens is 2. The fourth-order valence-electron chi connectivity index (χ4n) is 2.94. The number of hydrogen-bond acceptors (Lipinski definition) is 3. The largest absolute Gasteiger partial charge is 0.486 e. The Bertz CT molecular complexity index is 493. The molecule has 3 nitrogen and oxygen atoms in total. The first kappa shape index (κ1) is 13.6. The van der Waals surface area contributed by atoms with Gasteiger partial charge < -0.3 is 14.8 Å². The minimum atomic E-state index is -2.87. The van der Waals surface area contributed by atoms with Crippen molar-refractivity contribution in [1.82, 2.24) is 5.32 Å². The van der Waals surface area contributed by atoms with Crippen LogP contribution >= 0.6 is 0 Å². The van der Waals surface area contributed by atoms with Crippen molar-refractivity contribution < 1.29 is 18.3 Å². The molecule has 1 fully saturated rings. The normalized spacial score (nSPS) is 22.6. The quantitative estimate of drug-likeness (QED) is 0.905. The first-order valence-corrected chi connectivity index (χ1v) is 7.08. The summed E-state index contributed by atoms with van der Waals surface area (Å²) in [5.41, 5.74) is 0.754. The van der Waals surface area contributed by atoms with E-state index >= 15 is 0 Å². The molecule has 0 bridgehead atoms. The van der Waals surface area contributed by atoms with Crippen molar-refractivity contribution in [1.29, 1.82) is 0 Å². The summed E-state index contributed by atoms with van der Waals surface area (Å²) in [5, 5.41) is 3.28. The molecule has 0 spiro atoms. The van der Waals surface area contributed by atoms with Crippen LogP contribution in [0.4, 0.5) is 8.78 Å². The molecule has 1 saturated heterocycles. The Labute approximate surface area is 117 Å². The van der Waals surface area contributed by atoms with Crippen molar-refractivity contribution >= 4 is 0 Å². The first-order chi connectivity index (χ1) is 9.55. The molecule has 0 radical (unpaired) electrons. The van der Waals surface area contributed by atoms with Crippen molar-refractivity contribution in [3.05, 3.63) is 23.3 Å². The number of ether oxygens (including phenoxy) is 2. The summed E-state index contributed by atoms with van der Waals surface area (Å²) in [6, 6.07) is 3.21. The molecule has 0 aromatic heterocycles. The number of nitrogens with one attached hydrogen (secondary N) is 1. The van der Waals surface area contributed by atoms with Gasteiger partial charge in [-0.25, -0.2) is 8.78 Å². The van der Waals surface area contributed by atoms with Gasteiger partial charge in [-0.3, -0.25) is 0 Å². The number of benzene rings is 1. The number of fused-ring (bicyclic) bond motifs is 1. The highest BCUT2D eigenvalue weighted by atomic mass is 19.3. The van der Waals surface area contributed by atoms with E-state index in [1.54, 1.807) is 6.07 Å². The number of piperidine rings is 1. The van der Waals surface area contributed by atoms with Gasteiger partial charge in [0.15, 0.2) is 11.5 Å². The van der Waals surface area contributed by atoms with Gasteiger partial charge in [-0.05, 0) is 43.0 Å². The summed E-state index contributed by atoms with van der Waals surface area (Å²) in [6.45, 7) is 3.52. The van der Waals surface area contributed by atoms with Crippen LogP contribution in [-0.2, 0) is 5.92 Å². The Balaban J connectivity index is 2.05. The third kappa shape index (κ3) is 2.59. The van der Waals surface area contributed by atoms with E-state index < -0.39 is 5.92 Å². The van der Waals surface area contributed by atoms with Crippen LogP contribution in [0.5, 0.6) is 11.5 Å². The highest BCUT2D eigenvalue weighted by molar-refractivity contribution is 5.50. The van der Waals surface area contributed by atoms with Gasteiger partial charge in [0.05, 0.1) is 0 Å². The average Bonchev–Trinajstić information content (AvgIpc) is 2.46. The third-order valence-electron chi connectivity index (χ3n) is 3.92. The Morgan fingerprint density at radius 3 is 2.50 bits per heavy atom. The van der Waals surface area contributed by atoms with Gasteiger partial charge in [-0.15, -0.1) is 0 Å². The van der Waals surface area contributed by atoms with Crippen molar-refractivity contribution in [2.24, 2.45) is 0 Å². The highest BCUT2D eigenvalue weighted by Crippen LogP contribution is 2.43. The van der Waals surface area contributed by atoms with Crippen LogP contribution in [-0.4, -0.2) is 26.3 Å². The Kier molecular flexibility index (Phi) is 3.54. The molecule has 1 unspecified atom stereocenters. The lowest BCUT2D eigenvalue weighted by molar-refractivity contribution is 0.0154. The lowest BCUT2D eigenvalue weighted by Crippen LogP contribution is -2.30. The zero-order chi connectivity index (χ0) is 14.2. The summed E-state index contributed by atoms with van der Waals surface area (Å²) in [6.07, 6.45) is 1.93. The van der Waals surface area contributed by atoms with E-state index in [0.29, 0.717) is 30.3 Å². The molecule has 2 aliphatic heterocycles. The molecule has 0 aliphatic carbocycles. The molecule has 2 aliphatic rings. The summed E-state index contributed by atoms with van der Waals surface area (Å²) < 4.78 is 38.8. The molecule has 1 aromatic carbocycles. The average molecular weight is 283 g/mol. The van der Waals surface area contributed by atoms with E-state index in [1.165, 1.54) is 6.07 Å². The molecule has 5 heteroatoms. The highest BCUT2D eigenvalue weighted by Gasteiger charge is 2.33. The predicted molar refractivity (Wildman–Crippen MR) is 71.8 cm³/mol. The smallest absolute Gasteiger partial charge is 0.270 e. The van der Waals surface area contributed by atoms with E-state index in [9.17, 15) is 8.78 Å². The number of hydrogen-bond donors (Lipinski definition) is 1. The van der Waals surface area contributed by atoms with Crippen LogP contribution in [0.25, 0.3) is 0 Å². The molecule has 1 N–H and O–H groups in total. The SMILES string of the molecule is CC(F)(F)c1cc2c(cc1C1CCCNC1)OCCO2. The second-order valence-electron chi connectivity index (χ2n) is 5.51. The summed E-state index contributed by atoms with van der Waals surface area (Å²) >= 11 is 0. The minimum absolute atomic E-state index is 0.0652. The van der Waals surface area contributed by atoms with Crippen molar-refractivity contribution in [3.63, 3.8) is 0 Å². The molecule has 1 aromatic rings. The molecule has 110 valence electrons. The second kappa shape index (κ2) is 5.20. The van der Waals surface area contributed by atoms with Crippen molar-refractivity contribution in [2.45, 2.75) is 31.6 Å². The third-order valence-corrected chi connectivity index (χ3v) is 3.92. The van der Waals surface area contributed by atoms with Crippen LogP contribution < -0.4 is 14.8 Å². The Morgan fingerprint density at radius 1 is 1.20 bits per heavy atom. The van der Waals surface area contributed by atoms with Crippen molar-refractivity contribution in [3.8, 4) is 11.5 Å². The monoisotopic (exact) mass is 283 g/mol. The van der Waals surface area contributed by atoms with Crippen LogP contribution in [0.15, 0.2) is 12.1 Å². The molecular formula is C15H19F2NO2. The van der Waals surface area contributed by atoms with Gasteiger partial charge in [-0.1, -0.05) is 0 Å². The molecule has 0 amide bonds. The standard InChI is InChI=1S/C15H19F2NO2/c1-15(16,17)12-8-14-13(19-5-6-20-14)7-11(12)10-3-2-4-18-9-10/h7-8,10,18H,2-6,9H2,1H3. The van der Waals surface area contributed by atoms with Gasteiger partial charge in [0.2, 0.25) is 0 Å². The molecule has 2 heterocycles. The van der Waals surface area contributed by atoms with E-state index in [1.807, 2.05) is 0 Å². The van der Waals surface area contributed by atoms with Gasteiger partial charge >= 0.3 is 0 Å². The zero-order valence-electron chi connectivity index (χ0n) is 11.5. The van der Waals surface area contributed by atoms with Gasteiger partial charge in [0.1, 0.15) is 13.2 Å². The molecule has 3 rings (SSSR count). The summed E-state index contributed by atoms with van der Waals surface area (Å²) in [4.78, 5) is 0. The van der Waals surface area contributed by atoms with Crippen molar-refractivity contribution in [2.75, 3.05) is 26.3 Å². The topological polar surface area (TPSA) is 30.5 Å². The summed E-state index contributed by atoms with van der Waals surface area (Å²) in [5.74, 6) is -1.74.